The highest BCUT2D eigenvalue weighted by atomic mass is 35.5. The molecular weight excluding hydrogens is 274 g/mol. The average Bonchev–Trinajstić information content (AvgIpc) is 2.80. The molecule has 1 aromatic heterocycles. The lowest BCUT2D eigenvalue weighted by atomic mass is 10.0. The average molecular weight is 286 g/mol. The number of aromatic nitrogens is 1. The van der Waals surface area contributed by atoms with E-state index in [0.29, 0.717) is 5.02 Å². The Morgan fingerprint density at radius 3 is 2.65 bits per heavy atom. The van der Waals surface area contributed by atoms with Crippen molar-refractivity contribution in [2.75, 3.05) is 0 Å². The maximum absolute atomic E-state index is 10.8. The van der Waals surface area contributed by atoms with Gasteiger partial charge in [0.1, 0.15) is 6.54 Å². The first-order chi connectivity index (χ1) is 9.63. The van der Waals surface area contributed by atoms with Crippen LogP contribution in [0.15, 0.2) is 54.7 Å². The quantitative estimate of drug-likeness (QED) is 0.789. The largest absolute Gasteiger partial charge is 0.480 e. The molecule has 0 saturated carbocycles. The molecule has 0 aliphatic rings. The van der Waals surface area contributed by atoms with Gasteiger partial charge in [-0.15, -0.1) is 0 Å². The second-order valence-electron chi connectivity index (χ2n) is 4.62. The first kappa shape index (κ1) is 12.8. The summed E-state index contributed by atoms with van der Waals surface area (Å²) in [5.41, 5.74) is 3.02. The van der Waals surface area contributed by atoms with Gasteiger partial charge < -0.3 is 9.67 Å². The molecule has 20 heavy (non-hydrogen) atoms. The lowest BCUT2D eigenvalue weighted by Gasteiger charge is -2.05. The van der Waals surface area contributed by atoms with Crippen molar-refractivity contribution in [2.24, 2.45) is 0 Å². The van der Waals surface area contributed by atoms with Crippen LogP contribution in [0.3, 0.4) is 0 Å². The number of carboxylic acids is 1. The van der Waals surface area contributed by atoms with E-state index >= 15 is 0 Å². The monoisotopic (exact) mass is 285 g/mol. The van der Waals surface area contributed by atoms with Crippen molar-refractivity contribution < 1.29 is 9.90 Å². The predicted octanol–water partition coefficient (Wildman–Crippen LogP) is 4.05. The van der Waals surface area contributed by atoms with Gasteiger partial charge in [-0.1, -0.05) is 29.8 Å². The molecular formula is C16H12ClNO2. The molecule has 4 heteroatoms. The standard InChI is InChI=1S/C16H12ClNO2/c17-14-3-1-2-11(9-14)12-4-5-15-13(8-12)6-7-18(15)10-16(19)20/h1-9H,10H2,(H,19,20). The van der Waals surface area contributed by atoms with Crippen LogP contribution in [0.2, 0.25) is 5.02 Å². The molecule has 0 saturated heterocycles. The van der Waals surface area contributed by atoms with Gasteiger partial charge in [-0.3, -0.25) is 4.79 Å². The minimum Gasteiger partial charge on any atom is -0.480 e. The van der Waals surface area contributed by atoms with E-state index in [9.17, 15) is 4.79 Å². The third-order valence-electron chi connectivity index (χ3n) is 3.23. The summed E-state index contributed by atoms with van der Waals surface area (Å²) < 4.78 is 1.72. The molecule has 0 bridgehead atoms. The SMILES string of the molecule is O=C(O)Cn1ccc2cc(-c3cccc(Cl)c3)ccc21. The lowest BCUT2D eigenvalue weighted by Crippen LogP contribution is -2.06. The number of halogens is 1. The fourth-order valence-corrected chi connectivity index (χ4v) is 2.52. The number of hydrogen-bond acceptors (Lipinski definition) is 1. The number of benzene rings is 2. The molecule has 0 radical (unpaired) electrons. The van der Waals surface area contributed by atoms with Crippen LogP contribution < -0.4 is 0 Å². The Bertz CT molecular complexity index is 792. The zero-order valence-electron chi connectivity index (χ0n) is 10.6. The van der Waals surface area contributed by atoms with Crippen LogP contribution in [0.5, 0.6) is 0 Å². The number of aliphatic carboxylic acids is 1. The molecule has 0 spiro atoms. The van der Waals surface area contributed by atoms with Gasteiger partial charge in [-0.2, -0.15) is 0 Å². The van der Waals surface area contributed by atoms with Crippen LogP contribution in [-0.4, -0.2) is 15.6 Å². The number of fused-ring (bicyclic) bond motifs is 1. The molecule has 100 valence electrons. The van der Waals surface area contributed by atoms with E-state index in [1.165, 1.54) is 0 Å². The van der Waals surface area contributed by atoms with Crippen LogP contribution in [-0.2, 0) is 11.3 Å². The number of hydrogen-bond donors (Lipinski definition) is 1. The van der Waals surface area contributed by atoms with Crippen molar-refractivity contribution in [3.63, 3.8) is 0 Å². The normalized spacial score (nSPS) is 10.8. The molecule has 2 aromatic carbocycles. The van der Waals surface area contributed by atoms with Gasteiger partial charge in [0.25, 0.3) is 0 Å². The number of carbonyl (C=O) groups is 1. The second kappa shape index (κ2) is 5.02. The minimum atomic E-state index is -0.846. The van der Waals surface area contributed by atoms with Crippen molar-refractivity contribution >= 4 is 28.5 Å². The number of rotatable bonds is 3. The van der Waals surface area contributed by atoms with E-state index in [2.05, 4.69) is 0 Å². The lowest BCUT2D eigenvalue weighted by molar-refractivity contribution is -0.137. The summed E-state index contributed by atoms with van der Waals surface area (Å²) in [6.45, 7) is -0.0278. The molecule has 0 fully saturated rings. The van der Waals surface area contributed by atoms with Gasteiger partial charge in [-0.25, -0.2) is 0 Å². The van der Waals surface area contributed by atoms with Gasteiger partial charge in [0.2, 0.25) is 0 Å². The number of carboxylic acid groups (broad SMARTS) is 1. The molecule has 0 aliphatic heterocycles. The van der Waals surface area contributed by atoms with Crippen molar-refractivity contribution in [1.82, 2.24) is 4.57 Å². The summed E-state index contributed by atoms with van der Waals surface area (Å²) in [7, 11) is 0. The van der Waals surface area contributed by atoms with Gasteiger partial charge >= 0.3 is 5.97 Å². The zero-order valence-corrected chi connectivity index (χ0v) is 11.3. The topological polar surface area (TPSA) is 42.2 Å². The third-order valence-corrected chi connectivity index (χ3v) is 3.47. The fourth-order valence-electron chi connectivity index (χ4n) is 2.33. The Labute approximate surface area is 121 Å². The predicted molar refractivity (Wildman–Crippen MR) is 80.0 cm³/mol. The van der Waals surface area contributed by atoms with Gasteiger partial charge in [0.15, 0.2) is 0 Å². The van der Waals surface area contributed by atoms with Gasteiger partial charge in [0, 0.05) is 22.1 Å². The minimum absolute atomic E-state index is 0.0278. The highest BCUT2D eigenvalue weighted by Crippen LogP contribution is 2.27. The van der Waals surface area contributed by atoms with Crippen molar-refractivity contribution in [3.8, 4) is 11.1 Å². The molecule has 3 aromatic rings. The molecule has 0 atom stereocenters. The fraction of sp³-hybridized carbons (Fsp3) is 0.0625. The summed E-state index contributed by atoms with van der Waals surface area (Å²) in [6, 6.07) is 15.6. The van der Waals surface area contributed by atoms with E-state index in [4.69, 9.17) is 16.7 Å². The first-order valence-corrected chi connectivity index (χ1v) is 6.58. The second-order valence-corrected chi connectivity index (χ2v) is 5.06. The Kier molecular flexibility index (Phi) is 3.20. The van der Waals surface area contributed by atoms with Gasteiger partial charge in [0.05, 0.1) is 0 Å². The van der Waals surface area contributed by atoms with Crippen molar-refractivity contribution in [1.29, 1.82) is 0 Å². The molecule has 0 aliphatic carbocycles. The summed E-state index contributed by atoms with van der Waals surface area (Å²) >= 11 is 6.00. The maximum atomic E-state index is 10.8. The number of nitrogens with zero attached hydrogens (tertiary/aromatic N) is 1. The van der Waals surface area contributed by atoms with Gasteiger partial charge in [-0.05, 0) is 41.5 Å². The highest BCUT2D eigenvalue weighted by molar-refractivity contribution is 6.30. The van der Waals surface area contributed by atoms with Crippen LogP contribution in [0, 0.1) is 0 Å². The van der Waals surface area contributed by atoms with Crippen molar-refractivity contribution in [3.05, 3.63) is 59.8 Å². The van der Waals surface area contributed by atoms with E-state index in [1.807, 2.05) is 48.5 Å². The first-order valence-electron chi connectivity index (χ1n) is 6.20. The van der Waals surface area contributed by atoms with Crippen LogP contribution >= 0.6 is 11.6 Å². The van der Waals surface area contributed by atoms with Crippen LogP contribution in [0.1, 0.15) is 0 Å². The molecule has 0 amide bonds. The van der Waals surface area contributed by atoms with Crippen LogP contribution in [0.4, 0.5) is 0 Å². The summed E-state index contributed by atoms with van der Waals surface area (Å²) in [5.74, 6) is -0.846. The molecule has 0 unspecified atom stereocenters. The Morgan fingerprint density at radius 2 is 1.90 bits per heavy atom. The molecule has 1 heterocycles. The third kappa shape index (κ3) is 2.40. The summed E-state index contributed by atoms with van der Waals surface area (Å²) in [6.07, 6.45) is 1.79. The Morgan fingerprint density at radius 1 is 1.10 bits per heavy atom. The van der Waals surface area contributed by atoms with E-state index < -0.39 is 5.97 Å². The Balaban J connectivity index is 2.06. The van der Waals surface area contributed by atoms with E-state index in [-0.39, 0.29) is 6.54 Å². The van der Waals surface area contributed by atoms with E-state index in [1.54, 1.807) is 10.8 Å². The smallest absolute Gasteiger partial charge is 0.323 e. The Hall–Kier alpha value is -2.26. The summed E-state index contributed by atoms with van der Waals surface area (Å²) in [5, 5.41) is 10.6. The van der Waals surface area contributed by atoms with Crippen LogP contribution in [0.25, 0.3) is 22.0 Å². The molecule has 3 nitrogen and oxygen atoms in total. The zero-order chi connectivity index (χ0) is 14.1. The summed E-state index contributed by atoms with van der Waals surface area (Å²) in [4.78, 5) is 10.8. The van der Waals surface area contributed by atoms with E-state index in [0.717, 1.165) is 22.0 Å². The molecule has 3 rings (SSSR count). The molecule has 1 N–H and O–H groups in total. The maximum Gasteiger partial charge on any atom is 0.323 e. The van der Waals surface area contributed by atoms with Crippen molar-refractivity contribution in [2.45, 2.75) is 6.54 Å². The highest BCUT2D eigenvalue weighted by Gasteiger charge is 2.06.